The number of aryl methyl sites for hydroxylation is 1. The zero-order valence-corrected chi connectivity index (χ0v) is 13.2. The summed E-state index contributed by atoms with van der Waals surface area (Å²) in [6, 6.07) is 6.02. The maximum Gasteiger partial charge on any atom is 0.335 e. The Labute approximate surface area is 129 Å². The van der Waals surface area contributed by atoms with Crippen LogP contribution in [0.25, 0.3) is 0 Å². The molecule has 112 valence electrons. The molecular weight excluding hydrogens is 364 g/mol. The summed E-state index contributed by atoms with van der Waals surface area (Å²) in [7, 11) is -2.36. The van der Waals surface area contributed by atoms with Gasteiger partial charge in [-0.3, -0.25) is 0 Å². The third-order valence-electron chi connectivity index (χ3n) is 2.63. The van der Waals surface area contributed by atoms with E-state index in [1.54, 1.807) is 12.1 Å². The van der Waals surface area contributed by atoms with Crippen molar-refractivity contribution in [3.63, 3.8) is 0 Å². The summed E-state index contributed by atoms with van der Waals surface area (Å²) in [6.07, 6.45) is 0. The molecule has 1 aromatic heterocycles. The maximum absolute atomic E-state index is 12.2. The van der Waals surface area contributed by atoms with Gasteiger partial charge in [-0.2, -0.15) is 0 Å². The number of benzene rings is 1. The molecule has 0 amide bonds. The molecule has 2 N–H and O–H groups in total. The Bertz CT molecular complexity index is 768. The fourth-order valence-electron chi connectivity index (χ4n) is 1.67. The Kier molecular flexibility index (Phi) is 4.40. The van der Waals surface area contributed by atoms with Crippen LogP contribution in [0.15, 0.2) is 33.9 Å². The monoisotopic (exact) mass is 374 g/mol. The number of carbonyl (C=O) groups is 1. The van der Waals surface area contributed by atoms with Gasteiger partial charge in [-0.05, 0) is 33.6 Å². The van der Waals surface area contributed by atoms with Crippen molar-refractivity contribution in [1.29, 1.82) is 0 Å². The summed E-state index contributed by atoms with van der Waals surface area (Å²) in [5.41, 5.74) is 0.625. The third kappa shape index (κ3) is 3.46. The van der Waals surface area contributed by atoms with E-state index in [9.17, 15) is 13.2 Å². The minimum absolute atomic E-state index is 0.0406. The predicted octanol–water partition coefficient (Wildman–Crippen LogP) is 0.754. The van der Waals surface area contributed by atoms with Crippen LogP contribution in [0.2, 0.25) is 0 Å². The lowest BCUT2D eigenvalue weighted by Gasteiger charge is -2.07. The molecule has 0 aliphatic heterocycles. The first-order valence-electron chi connectivity index (χ1n) is 5.68. The number of aromatic nitrogens is 3. The second-order valence-electron chi connectivity index (χ2n) is 4.14. The van der Waals surface area contributed by atoms with E-state index < -0.39 is 16.0 Å². The molecule has 0 atom stereocenters. The summed E-state index contributed by atoms with van der Waals surface area (Å²) in [6.45, 7) is -0.0406. The van der Waals surface area contributed by atoms with Gasteiger partial charge in [-0.25, -0.2) is 22.6 Å². The maximum atomic E-state index is 12.2. The van der Waals surface area contributed by atoms with E-state index >= 15 is 0 Å². The van der Waals surface area contributed by atoms with Gasteiger partial charge in [-0.1, -0.05) is 17.3 Å². The van der Waals surface area contributed by atoms with E-state index in [4.69, 9.17) is 5.11 Å². The van der Waals surface area contributed by atoms with Crippen molar-refractivity contribution < 1.29 is 18.3 Å². The van der Waals surface area contributed by atoms with Gasteiger partial charge >= 0.3 is 5.97 Å². The number of aromatic carboxylic acids is 1. The summed E-state index contributed by atoms with van der Waals surface area (Å²) < 4.78 is 27.9. The highest BCUT2D eigenvalue weighted by molar-refractivity contribution is 9.10. The van der Waals surface area contributed by atoms with Crippen molar-refractivity contribution in [2.75, 3.05) is 0 Å². The Balaban J connectivity index is 2.20. The van der Waals surface area contributed by atoms with E-state index in [-0.39, 0.29) is 21.7 Å². The Morgan fingerprint density at radius 3 is 2.76 bits per heavy atom. The molecular formula is C11H11BrN4O4S. The molecule has 0 radical (unpaired) electrons. The number of hydrogen-bond acceptors (Lipinski definition) is 5. The van der Waals surface area contributed by atoms with E-state index in [0.29, 0.717) is 5.56 Å². The number of nitrogens with one attached hydrogen (secondary N) is 1. The number of carboxylic acid groups (broad SMARTS) is 1. The summed E-state index contributed by atoms with van der Waals surface area (Å²) in [5.74, 6) is -1.07. The molecule has 0 saturated heterocycles. The van der Waals surface area contributed by atoms with Crippen molar-refractivity contribution in [2.24, 2.45) is 7.05 Å². The van der Waals surface area contributed by atoms with Crippen molar-refractivity contribution >= 4 is 31.9 Å². The lowest BCUT2D eigenvalue weighted by molar-refractivity contribution is 0.0696. The van der Waals surface area contributed by atoms with Crippen LogP contribution >= 0.6 is 15.9 Å². The molecule has 0 unspecified atom stereocenters. The second-order valence-corrected chi connectivity index (χ2v) is 6.57. The summed E-state index contributed by atoms with van der Waals surface area (Å²) >= 11 is 3.02. The van der Waals surface area contributed by atoms with Crippen molar-refractivity contribution in [3.05, 3.63) is 40.0 Å². The molecule has 21 heavy (non-hydrogen) atoms. The normalized spacial score (nSPS) is 11.5. The molecule has 2 aromatic rings. The first-order valence-corrected chi connectivity index (χ1v) is 7.96. The third-order valence-corrected chi connectivity index (χ3v) is 4.92. The molecule has 0 saturated carbocycles. The van der Waals surface area contributed by atoms with Gasteiger partial charge in [0.15, 0.2) is 4.60 Å². The molecule has 0 aliphatic rings. The van der Waals surface area contributed by atoms with Crippen LogP contribution in [0.1, 0.15) is 15.9 Å². The van der Waals surface area contributed by atoms with Gasteiger partial charge in [0.1, 0.15) is 0 Å². The molecule has 0 spiro atoms. The number of halogens is 1. The van der Waals surface area contributed by atoms with Crippen molar-refractivity contribution in [3.8, 4) is 0 Å². The lowest BCUT2D eigenvalue weighted by Crippen LogP contribution is -2.25. The highest BCUT2D eigenvalue weighted by Gasteiger charge is 2.23. The number of carboxylic acids is 1. The molecule has 0 aliphatic carbocycles. The number of rotatable bonds is 5. The van der Waals surface area contributed by atoms with E-state index in [1.807, 2.05) is 0 Å². The van der Waals surface area contributed by atoms with Crippen molar-refractivity contribution in [2.45, 2.75) is 11.6 Å². The molecule has 1 aromatic carbocycles. The largest absolute Gasteiger partial charge is 0.478 e. The Morgan fingerprint density at radius 2 is 2.19 bits per heavy atom. The zero-order chi connectivity index (χ0) is 15.6. The Hall–Kier alpha value is -1.78. The minimum Gasteiger partial charge on any atom is -0.478 e. The van der Waals surface area contributed by atoms with E-state index in [0.717, 1.165) is 4.68 Å². The van der Waals surface area contributed by atoms with Crippen LogP contribution in [0.5, 0.6) is 0 Å². The molecule has 2 rings (SSSR count). The van der Waals surface area contributed by atoms with Gasteiger partial charge in [-0.15, -0.1) is 5.10 Å². The standard InChI is InChI=1S/C11H11BrN4O4S/c1-16-10(9(12)14-15-16)21(19,20)13-6-7-3-2-4-8(5-7)11(17)18/h2-5,13H,6H2,1H3,(H,17,18). The summed E-state index contributed by atoms with van der Waals surface area (Å²) in [4.78, 5) is 10.9. The topological polar surface area (TPSA) is 114 Å². The zero-order valence-electron chi connectivity index (χ0n) is 10.8. The molecule has 0 fully saturated rings. The number of hydrogen-bond donors (Lipinski definition) is 2. The van der Waals surface area contributed by atoms with Crippen LogP contribution in [-0.2, 0) is 23.6 Å². The van der Waals surface area contributed by atoms with Crippen LogP contribution in [-0.4, -0.2) is 34.5 Å². The first-order chi connectivity index (χ1) is 9.81. The first kappa shape index (κ1) is 15.6. The highest BCUT2D eigenvalue weighted by Crippen LogP contribution is 2.18. The Morgan fingerprint density at radius 1 is 1.48 bits per heavy atom. The van der Waals surface area contributed by atoms with Gasteiger partial charge in [0, 0.05) is 13.6 Å². The fourth-order valence-corrected chi connectivity index (χ4v) is 3.78. The number of sulfonamides is 1. The molecule has 10 heteroatoms. The van der Waals surface area contributed by atoms with Gasteiger partial charge in [0.2, 0.25) is 5.03 Å². The lowest BCUT2D eigenvalue weighted by atomic mass is 10.1. The molecule has 0 bridgehead atoms. The van der Waals surface area contributed by atoms with Crippen molar-refractivity contribution in [1.82, 2.24) is 19.7 Å². The van der Waals surface area contributed by atoms with Gasteiger partial charge < -0.3 is 5.11 Å². The predicted molar refractivity (Wildman–Crippen MR) is 76.1 cm³/mol. The average Bonchev–Trinajstić information content (AvgIpc) is 2.77. The molecule has 8 nitrogen and oxygen atoms in total. The van der Waals surface area contributed by atoms with Crippen LogP contribution in [0.3, 0.4) is 0 Å². The fraction of sp³-hybridized carbons (Fsp3) is 0.182. The van der Waals surface area contributed by atoms with Crippen LogP contribution in [0, 0.1) is 0 Å². The van der Waals surface area contributed by atoms with E-state index in [2.05, 4.69) is 31.0 Å². The average molecular weight is 375 g/mol. The molecule has 1 heterocycles. The minimum atomic E-state index is -3.82. The quantitative estimate of drug-likeness (QED) is 0.797. The number of nitrogens with zero attached hydrogens (tertiary/aromatic N) is 3. The van der Waals surface area contributed by atoms with Crippen LogP contribution in [0.4, 0.5) is 0 Å². The highest BCUT2D eigenvalue weighted by atomic mass is 79.9. The van der Waals surface area contributed by atoms with Gasteiger partial charge in [0.05, 0.1) is 5.56 Å². The SMILES string of the molecule is Cn1nnc(Br)c1S(=O)(=O)NCc1cccc(C(=O)O)c1. The van der Waals surface area contributed by atoms with Gasteiger partial charge in [0.25, 0.3) is 10.0 Å². The second kappa shape index (κ2) is 5.92. The smallest absolute Gasteiger partial charge is 0.335 e. The van der Waals surface area contributed by atoms with E-state index in [1.165, 1.54) is 19.2 Å². The summed E-state index contributed by atoms with van der Waals surface area (Å²) in [5, 5.41) is 16.0. The van der Waals surface area contributed by atoms with Crippen LogP contribution < -0.4 is 4.72 Å².